The zero-order chi connectivity index (χ0) is 26.1. The summed E-state index contributed by atoms with van der Waals surface area (Å²) >= 11 is 0. The van der Waals surface area contributed by atoms with Gasteiger partial charge < -0.3 is 25.3 Å². The second-order valence-corrected chi connectivity index (χ2v) is 11.3. The molecule has 1 aromatic carbocycles. The highest BCUT2D eigenvalue weighted by molar-refractivity contribution is 6.01. The summed E-state index contributed by atoms with van der Waals surface area (Å²) in [5, 5.41) is 6.18. The van der Waals surface area contributed by atoms with Gasteiger partial charge in [-0.05, 0) is 75.3 Å². The van der Waals surface area contributed by atoms with E-state index < -0.39 is 12.1 Å². The average Bonchev–Trinajstić information content (AvgIpc) is 3.69. The maximum Gasteiger partial charge on any atom is 0.251 e. The summed E-state index contributed by atoms with van der Waals surface area (Å²) in [6.45, 7) is 7.38. The molecule has 4 heterocycles. The van der Waals surface area contributed by atoms with Gasteiger partial charge in [0.15, 0.2) is 5.78 Å². The molecule has 9 nitrogen and oxygen atoms in total. The van der Waals surface area contributed by atoms with E-state index >= 15 is 0 Å². The molecule has 4 aliphatic heterocycles. The third-order valence-corrected chi connectivity index (χ3v) is 8.26. The lowest BCUT2D eigenvalue weighted by Gasteiger charge is -2.29. The minimum Gasteiger partial charge on any atom is -0.372 e. The van der Waals surface area contributed by atoms with Gasteiger partial charge in [0, 0.05) is 30.9 Å². The molecule has 9 heteroatoms. The Kier molecular flexibility index (Phi) is 7.51. The Morgan fingerprint density at radius 1 is 1.00 bits per heavy atom. The number of hydrogen-bond donors (Lipinski definition) is 2. The van der Waals surface area contributed by atoms with Gasteiger partial charge in [-0.2, -0.15) is 0 Å². The molecule has 0 bridgehead atoms. The quantitative estimate of drug-likeness (QED) is 0.579. The largest absolute Gasteiger partial charge is 0.372 e. The van der Waals surface area contributed by atoms with Gasteiger partial charge in [-0.3, -0.25) is 19.2 Å². The number of likely N-dealkylation sites (tertiary alicyclic amines) is 2. The summed E-state index contributed by atoms with van der Waals surface area (Å²) in [4.78, 5) is 58.6. The van der Waals surface area contributed by atoms with Crippen molar-refractivity contribution in [1.82, 2.24) is 20.4 Å². The first kappa shape index (κ1) is 25.7. The van der Waals surface area contributed by atoms with Crippen LogP contribution in [-0.2, 0) is 14.4 Å². The molecule has 4 atom stereocenters. The molecule has 0 saturated carbocycles. The van der Waals surface area contributed by atoms with Gasteiger partial charge in [0.05, 0.1) is 18.6 Å². The van der Waals surface area contributed by atoms with Crippen molar-refractivity contribution in [3.63, 3.8) is 0 Å². The first-order valence-electron chi connectivity index (χ1n) is 13.9. The third kappa shape index (κ3) is 5.23. The number of carbonyl (C=O) groups is 4. The lowest BCUT2D eigenvalue weighted by Crippen LogP contribution is -2.53. The fraction of sp³-hybridized carbons (Fsp3) is 0.643. The second-order valence-electron chi connectivity index (χ2n) is 11.3. The normalized spacial score (nSPS) is 26.2. The fourth-order valence-corrected chi connectivity index (χ4v) is 6.39. The van der Waals surface area contributed by atoms with E-state index in [1.165, 1.54) is 12.8 Å². The lowest BCUT2D eigenvalue weighted by atomic mass is 10.0. The predicted octanol–water partition coefficient (Wildman–Crippen LogP) is 1.56. The number of benzene rings is 1. The van der Waals surface area contributed by atoms with E-state index in [0.717, 1.165) is 38.2 Å². The summed E-state index contributed by atoms with van der Waals surface area (Å²) in [5.74, 6) is -0.461. The van der Waals surface area contributed by atoms with Crippen LogP contribution < -0.4 is 15.5 Å². The smallest absolute Gasteiger partial charge is 0.251 e. The molecule has 3 amide bonds. The van der Waals surface area contributed by atoms with E-state index in [-0.39, 0.29) is 48.1 Å². The number of amides is 3. The number of nitrogens with zero attached hydrogens (tertiary/aromatic N) is 3. The van der Waals surface area contributed by atoms with Crippen LogP contribution in [0.1, 0.15) is 62.7 Å². The Morgan fingerprint density at radius 2 is 1.73 bits per heavy atom. The Morgan fingerprint density at radius 3 is 2.38 bits per heavy atom. The number of anilines is 1. The van der Waals surface area contributed by atoms with E-state index in [9.17, 15) is 19.2 Å². The summed E-state index contributed by atoms with van der Waals surface area (Å²) in [7, 11) is 0. The Labute approximate surface area is 218 Å². The van der Waals surface area contributed by atoms with E-state index in [1.807, 2.05) is 38.1 Å². The first-order chi connectivity index (χ1) is 17.8. The molecule has 37 heavy (non-hydrogen) atoms. The standard InChI is InChI=1S/C28H39N5O4/c1-18(2)16-22(30-26(35)19-7-9-20(10-8-19)31-13-3-4-14-31)28(37)32-15-11-23-25(32)24(34)17-33(23)27(36)21-6-5-12-29-21/h7-10,18,21-23,25,29H,3-6,11-17H2,1-2H3,(H,30,35). The lowest BCUT2D eigenvalue weighted by molar-refractivity contribution is -0.138. The van der Waals surface area contributed by atoms with Crippen molar-refractivity contribution < 1.29 is 19.2 Å². The average molecular weight is 510 g/mol. The van der Waals surface area contributed by atoms with Crippen molar-refractivity contribution in [1.29, 1.82) is 0 Å². The van der Waals surface area contributed by atoms with Gasteiger partial charge in [-0.15, -0.1) is 0 Å². The van der Waals surface area contributed by atoms with Crippen LogP contribution in [0.5, 0.6) is 0 Å². The summed E-state index contributed by atoms with van der Waals surface area (Å²) in [6.07, 6.45) is 5.17. The number of Topliss-reactive ketones (excluding diaryl/α,β-unsaturated/α-hetero) is 1. The minimum atomic E-state index is -0.724. The molecule has 4 unspecified atom stereocenters. The Bertz CT molecular complexity index is 1030. The van der Waals surface area contributed by atoms with Gasteiger partial charge in [0.2, 0.25) is 11.8 Å². The number of nitrogens with one attached hydrogen (secondary N) is 2. The van der Waals surface area contributed by atoms with Crippen LogP contribution in [0.3, 0.4) is 0 Å². The fourth-order valence-electron chi connectivity index (χ4n) is 6.39. The van der Waals surface area contributed by atoms with Crippen LogP contribution in [0.4, 0.5) is 5.69 Å². The van der Waals surface area contributed by atoms with E-state index in [4.69, 9.17) is 0 Å². The summed E-state index contributed by atoms with van der Waals surface area (Å²) in [6, 6.07) is 5.70. The molecule has 200 valence electrons. The SMILES string of the molecule is CC(C)CC(NC(=O)c1ccc(N2CCCC2)cc1)C(=O)N1CCC2C1C(=O)CN2C(=O)C1CCCN1. The predicted molar refractivity (Wildman–Crippen MR) is 140 cm³/mol. The second kappa shape index (κ2) is 10.8. The molecule has 4 fully saturated rings. The highest BCUT2D eigenvalue weighted by Crippen LogP contribution is 2.32. The van der Waals surface area contributed by atoms with E-state index in [2.05, 4.69) is 15.5 Å². The van der Waals surface area contributed by atoms with Crippen molar-refractivity contribution >= 4 is 29.2 Å². The molecule has 0 aliphatic carbocycles. The zero-order valence-corrected chi connectivity index (χ0v) is 21.9. The molecule has 4 aliphatic rings. The van der Waals surface area contributed by atoms with Crippen molar-refractivity contribution in [3.05, 3.63) is 29.8 Å². The van der Waals surface area contributed by atoms with Crippen molar-refractivity contribution in [3.8, 4) is 0 Å². The zero-order valence-electron chi connectivity index (χ0n) is 21.9. The molecule has 5 rings (SSSR count). The number of carbonyl (C=O) groups excluding carboxylic acids is 4. The Balaban J connectivity index is 1.27. The molecule has 0 aromatic heterocycles. The number of hydrogen-bond acceptors (Lipinski definition) is 6. The van der Waals surface area contributed by atoms with Gasteiger partial charge in [-0.25, -0.2) is 0 Å². The maximum atomic E-state index is 13.7. The number of rotatable bonds is 7. The van der Waals surface area contributed by atoms with E-state index in [0.29, 0.717) is 24.9 Å². The molecule has 1 aromatic rings. The maximum absolute atomic E-state index is 13.7. The van der Waals surface area contributed by atoms with Crippen LogP contribution in [-0.4, -0.2) is 90.2 Å². The van der Waals surface area contributed by atoms with Gasteiger partial charge in [0.1, 0.15) is 12.1 Å². The van der Waals surface area contributed by atoms with Crippen LogP contribution in [0.2, 0.25) is 0 Å². The molecular formula is C28H39N5O4. The van der Waals surface area contributed by atoms with Gasteiger partial charge in [-0.1, -0.05) is 13.8 Å². The minimum absolute atomic E-state index is 0.0305. The van der Waals surface area contributed by atoms with Gasteiger partial charge >= 0.3 is 0 Å². The van der Waals surface area contributed by atoms with Crippen LogP contribution in [0, 0.1) is 5.92 Å². The summed E-state index contributed by atoms with van der Waals surface area (Å²) < 4.78 is 0. The number of fused-ring (bicyclic) bond motifs is 1. The third-order valence-electron chi connectivity index (χ3n) is 8.26. The van der Waals surface area contributed by atoms with E-state index in [1.54, 1.807) is 9.80 Å². The van der Waals surface area contributed by atoms with Crippen molar-refractivity contribution in [2.75, 3.05) is 37.6 Å². The van der Waals surface area contributed by atoms with Crippen molar-refractivity contribution in [2.24, 2.45) is 5.92 Å². The monoisotopic (exact) mass is 509 g/mol. The topological polar surface area (TPSA) is 102 Å². The van der Waals surface area contributed by atoms with Gasteiger partial charge in [0.25, 0.3) is 5.91 Å². The molecular weight excluding hydrogens is 470 g/mol. The number of ketones is 1. The first-order valence-corrected chi connectivity index (χ1v) is 13.9. The van der Waals surface area contributed by atoms with Crippen LogP contribution in [0.15, 0.2) is 24.3 Å². The highest BCUT2D eigenvalue weighted by atomic mass is 16.2. The van der Waals surface area contributed by atoms with Crippen LogP contribution >= 0.6 is 0 Å². The molecule has 4 saturated heterocycles. The Hall–Kier alpha value is -2.94. The molecule has 0 radical (unpaired) electrons. The van der Waals surface area contributed by atoms with Crippen molar-refractivity contribution in [2.45, 2.75) is 76.5 Å². The molecule has 2 N–H and O–H groups in total. The highest BCUT2D eigenvalue weighted by Gasteiger charge is 2.53. The summed E-state index contributed by atoms with van der Waals surface area (Å²) in [5.41, 5.74) is 1.63. The molecule has 0 spiro atoms. The van der Waals surface area contributed by atoms with Crippen LogP contribution in [0.25, 0.3) is 0 Å².